The number of aryl methyl sites for hydroxylation is 3. The lowest BCUT2D eigenvalue weighted by atomic mass is 9.97. The van der Waals surface area contributed by atoms with Crippen molar-refractivity contribution in [2.24, 2.45) is 5.92 Å². The molecule has 1 amide bonds. The summed E-state index contributed by atoms with van der Waals surface area (Å²) in [4.78, 5) is 23.7. The standard InChI is InChI=1S/C21H32N4O2/c1-7-17-23-18-14(2)12-15(3)22-19(18)25(17)13-16-8-10-24(11-9-16)20(26)27-21(4,5)6/h12,16H,7-11,13H2,1-6H3. The summed E-state index contributed by atoms with van der Waals surface area (Å²) < 4.78 is 7.80. The molecule has 1 saturated heterocycles. The van der Waals surface area contributed by atoms with Gasteiger partial charge in [-0.25, -0.2) is 14.8 Å². The summed E-state index contributed by atoms with van der Waals surface area (Å²) in [6.45, 7) is 14.4. The summed E-state index contributed by atoms with van der Waals surface area (Å²) in [5.74, 6) is 1.62. The van der Waals surface area contributed by atoms with Gasteiger partial charge in [0.05, 0.1) is 0 Å². The van der Waals surface area contributed by atoms with E-state index in [-0.39, 0.29) is 6.09 Å². The Balaban J connectivity index is 1.71. The second-order valence-electron chi connectivity index (χ2n) is 8.66. The van der Waals surface area contributed by atoms with E-state index in [0.717, 1.165) is 61.6 Å². The Hall–Kier alpha value is -2.11. The number of amides is 1. The Morgan fingerprint density at radius 1 is 1.22 bits per heavy atom. The Labute approximate surface area is 161 Å². The van der Waals surface area contributed by atoms with Gasteiger partial charge in [0.1, 0.15) is 16.9 Å². The van der Waals surface area contributed by atoms with Crippen LogP contribution in [0.15, 0.2) is 6.07 Å². The average Bonchev–Trinajstić information content (AvgIpc) is 2.92. The van der Waals surface area contributed by atoms with Crippen LogP contribution in [-0.2, 0) is 17.7 Å². The number of likely N-dealkylation sites (tertiary alicyclic amines) is 1. The predicted octanol–water partition coefficient (Wildman–Crippen LogP) is 4.26. The zero-order valence-corrected chi connectivity index (χ0v) is 17.5. The molecule has 1 fully saturated rings. The van der Waals surface area contributed by atoms with Gasteiger partial charge in [-0.3, -0.25) is 0 Å². The van der Waals surface area contributed by atoms with Gasteiger partial charge in [0, 0.05) is 31.7 Å². The van der Waals surface area contributed by atoms with Crippen molar-refractivity contribution < 1.29 is 9.53 Å². The molecule has 27 heavy (non-hydrogen) atoms. The molecule has 0 N–H and O–H groups in total. The number of hydrogen-bond donors (Lipinski definition) is 0. The Morgan fingerprint density at radius 2 is 1.89 bits per heavy atom. The zero-order valence-electron chi connectivity index (χ0n) is 17.5. The van der Waals surface area contributed by atoms with Gasteiger partial charge in [0.25, 0.3) is 0 Å². The summed E-state index contributed by atoms with van der Waals surface area (Å²) >= 11 is 0. The second-order valence-corrected chi connectivity index (χ2v) is 8.66. The second kappa shape index (κ2) is 7.49. The molecule has 0 aliphatic carbocycles. The number of pyridine rings is 1. The van der Waals surface area contributed by atoms with Gasteiger partial charge in [-0.05, 0) is 65.0 Å². The molecule has 6 nitrogen and oxygen atoms in total. The van der Waals surface area contributed by atoms with Crippen molar-refractivity contribution in [1.82, 2.24) is 19.4 Å². The molecule has 0 bridgehead atoms. The lowest BCUT2D eigenvalue weighted by molar-refractivity contribution is 0.0178. The number of carbonyl (C=O) groups is 1. The van der Waals surface area contributed by atoms with Gasteiger partial charge >= 0.3 is 6.09 Å². The molecule has 0 saturated carbocycles. The largest absolute Gasteiger partial charge is 0.444 e. The first-order chi connectivity index (χ1) is 12.7. The minimum Gasteiger partial charge on any atom is -0.444 e. The van der Waals surface area contributed by atoms with Crippen LogP contribution < -0.4 is 0 Å². The Morgan fingerprint density at radius 3 is 2.48 bits per heavy atom. The average molecular weight is 373 g/mol. The molecular weight excluding hydrogens is 340 g/mol. The van der Waals surface area contributed by atoms with E-state index in [2.05, 4.69) is 24.5 Å². The summed E-state index contributed by atoms with van der Waals surface area (Å²) in [7, 11) is 0. The van der Waals surface area contributed by atoms with E-state index in [4.69, 9.17) is 14.7 Å². The van der Waals surface area contributed by atoms with Gasteiger partial charge < -0.3 is 14.2 Å². The van der Waals surface area contributed by atoms with E-state index in [1.54, 1.807) is 0 Å². The molecule has 148 valence electrons. The van der Waals surface area contributed by atoms with Gasteiger partial charge in [-0.1, -0.05) is 6.92 Å². The minimum absolute atomic E-state index is 0.198. The number of nitrogens with zero attached hydrogens (tertiary/aromatic N) is 4. The van der Waals surface area contributed by atoms with Gasteiger partial charge in [0.15, 0.2) is 5.65 Å². The van der Waals surface area contributed by atoms with Crippen LogP contribution >= 0.6 is 0 Å². The summed E-state index contributed by atoms with van der Waals surface area (Å²) in [6, 6.07) is 2.10. The molecule has 0 aromatic carbocycles. The summed E-state index contributed by atoms with van der Waals surface area (Å²) in [5, 5.41) is 0. The van der Waals surface area contributed by atoms with E-state index in [1.807, 2.05) is 32.6 Å². The molecule has 0 unspecified atom stereocenters. The monoisotopic (exact) mass is 372 g/mol. The predicted molar refractivity (Wildman–Crippen MR) is 107 cm³/mol. The fourth-order valence-corrected chi connectivity index (χ4v) is 3.79. The van der Waals surface area contributed by atoms with Crippen LogP contribution in [0.2, 0.25) is 0 Å². The third kappa shape index (κ3) is 4.42. The Kier molecular flexibility index (Phi) is 5.45. The first-order valence-corrected chi connectivity index (χ1v) is 9.99. The molecule has 2 aromatic rings. The molecule has 0 atom stereocenters. The lowest BCUT2D eigenvalue weighted by Gasteiger charge is -2.33. The van der Waals surface area contributed by atoms with Crippen molar-refractivity contribution in [2.45, 2.75) is 73.0 Å². The lowest BCUT2D eigenvalue weighted by Crippen LogP contribution is -2.42. The van der Waals surface area contributed by atoms with E-state index >= 15 is 0 Å². The van der Waals surface area contributed by atoms with Crippen molar-refractivity contribution in [3.63, 3.8) is 0 Å². The van der Waals surface area contributed by atoms with Crippen LogP contribution in [0.25, 0.3) is 11.2 Å². The number of fused-ring (bicyclic) bond motifs is 1. The van der Waals surface area contributed by atoms with E-state index < -0.39 is 5.60 Å². The van der Waals surface area contributed by atoms with Crippen LogP contribution in [0.4, 0.5) is 4.79 Å². The fourth-order valence-electron chi connectivity index (χ4n) is 3.79. The van der Waals surface area contributed by atoms with Gasteiger partial charge in [0.2, 0.25) is 0 Å². The number of piperidine rings is 1. The van der Waals surface area contributed by atoms with Crippen LogP contribution in [0.5, 0.6) is 0 Å². The highest BCUT2D eigenvalue weighted by molar-refractivity contribution is 5.75. The van der Waals surface area contributed by atoms with E-state index in [9.17, 15) is 4.79 Å². The van der Waals surface area contributed by atoms with Crippen molar-refractivity contribution in [3.05, 3.63) is 23.1 Å². The normalized spacial score (nSPS) is 16.1. The third-order valence-electron chi connectivity index (χ3n) is 5.12. The van der Waals surface area contributed by atoms with Crippen molar-refractivity contribution in [1.29, 1.82) is 0 Å². The third-order valence-corrected chi connectivity index (χ3v) is 5.12. The highest BCUT2D eigenvalue weighted by Crippen LogP contribution is 2.25. The van der Waals surface area contributed by atoms with E-state index in [1.165, 1.54) is 5.56 Å². The van der Waals surface area contributed by atoms with Crippen LogP contribution in [-0.4, -0.2) is 44.2 Å². The maximum Gasteiger partial charge on any atom is 0.410 e. The molecule has 3 rings (SSSR count). The first-order valence-electron chi connectivity index (χ1n) is 9.99. The van der Waals surface area contributed by atoms with Crippen LogP contribution in [0.3, 0.4) is 0 Å². The van der Waals surface area contributed by atoms with Crippen LogP contribution in [0, 0.1) is 19.8 Å². The highest BCUT2D eigenvalue weighted by Gasteiger charge is 2.27. The highest BCUT2D eigenvalue weighted by atomic mass is 16.6. The minimum atomic E-state index is -0.443. The topological polar surface area (TPSA) is 60.2 Å². The van der Waals surface area contributed by atoms with Gasteiger partial charge in [-0.2, -0.15) is 0 Å². The van der Waals surface area contributed by atoms with Crippen molar-refractivity contribution >= 4 is 17.3 Å². The zero-order chi connectivity index (χ0) is 19.8. The van der Waals surface area contributed by atoms with Crippen molar-refractivity contribution in [2.75, 3.05) is 13.1 Å². The molecule has 1 aliphatic rings. The fraction of sp³-hybridized carbons (Fsp3) is 0.667. The molecule has 3 heterocycles. The van der Waals surface area contributed by atoms with Crippen molar-refractivity contribution in [3.8, 4) is 0 Å². The molecule has 1 aliphatic heterocycles. The maximum atomic E-state index is 12.3. The van der Waals surface area contributed by atoms with Gasteiger partial charge in [-0.15, -0.1) is 0 Å². The number of carbonyl (C=O) groups excluding carboxylic acids is 1. The number of hydrogen-bond acceptors (Lipinski definition) is 4. The Bertz CT molecular complexity index is 827. The summed E-state index contributed by atoms with van der Waals surface area (Å²) in [6.07, 6.45) is 2.65. The molecule has 0 radical (unpaired) electrons. The summed E-state index contributed by atoms with van der Waals surface area (Å²) in [5.41, 5.74) is 3.79. The number of imidazole rings is 1. The SMILES string of the molecule is CCc1nc2c(C)cc(C)nc2n1CC1CCN(C(=O)OC(C)(C)C)CC1. The quantitative estimate of drug-likeness (QED) is 0.808. The molecule has 0 spiro atoms. The smallest absolute Gasteiger partial charge is 0.410 e. The van der Waals surface area contributed by atoms with E-state index in [0.29, 0.717) is 5.92 Å². The molecule has 6 heteroatoms. The first kappa shape index (κ1) is 19.6. The molecule has 2 aromatic heterocycles. The number of aromatic nitrogens is 3. The number of rotatable bonds is 3. The maximum absolute atomic E-state index is 12.3. The van der Waals surface area contributed by atoms with Crippen LogP contribution in [0.1, 0.15) is 57.6 Å². The number of ether oxygens (including phenoxy) is 1. The molecular formula is C21H32N4O2.